The third kappa shape index (κ3) is 3.41. The highest BCUT2D eigenvalue weighted by atomic mass is 16.6. The summed E-state index contributed by atoms with van der Waals surface area (Å²) in [6.07, 6.45) is 4.00. The summed E-state index contributed by atoms with van der Waals surface area (Å²) in [5.41, 5.74) is 0.698. The van der Waals surface area contributed by atoms with E-state index in [-0.39, 0.29) is 24.2 Å². The predicted molar refractivity (Wildman–Crippen MR) is 96.4 cm³/mol. The summed E-state index contributed by atoms with van der Waals surface area (Å²) in [6.45, 7) is 3.38. The molecule has 0 amide bonds. The molecule has 4 rings (SSSR count). The monoisotopic (exact) mass is 376 g/mol. The number of esters is 1. The summed E-state index contributed by atoms with van der Waals surface area (Å²) in [6, 6.07) is 0. The van der Waals surface area contributed by atoms with Crippen LogP contribution in [0.4, 0.5) is 5.82 Å². The van der Waals surface area contributed by atoms with Crippen LogP contribution in [0.1, 0.15) is 45.3 Å². The van der Waals surface area contributed by atoms with E-state index in [1.54, 1.807) is 11.7 Å². The van der Waals surface area contributed by atoms with Gasteiger partial charge in [0.05, 0.1) is 6.10 Å². The minimum Gasteiger partial charge on any atom is -0.463 e. The highest BCUT2D eigenvalue weighted by Crippen LogP contribution is 2.28. The van der Waals surface area contributed by atoms with Crippen LogP contribution < -0.4 is 10.5 Å². The molecule has 0 aromatic carbocycles. The lowest BCUT2D eigenvalue weighted by Gasteiger charge is -2.26. The Morgan fingerprint density at radius 2 is 2.04 bits per heavy atom. The van der Waals surface area contributed by atoms with E-state index in [9.17, 15) is 9.59 Å². The van der Waals surface area contributed by atoms with Gasteiger partial charge in [-0.2, -0.15) is 9.78 Å². The Morgan fingerprint density at radius 1 is 1.26 bits per heavy atom. The van der Waals surface area contributed by atoms with Crippen molar-refractivity contribution in [3.8, 4) is 0 Å². The smallest absolute Gasteiger partial charge is 0.302 e. The van der Waals surface area contributed by atoms with Crippen molar-refractivity contribution in [1.82, 2.24) is 24.8 Å². The molecule has 4 heterocycles. The van der Waals surface area contributed by atoms with Gasteiger partial charge in [-0.05, 0) is 32.1 Å². The van der Waals surface area contributed by atoms with E-state index in [0.717, 1.165) is 31.7 Å². The Kier molecular flexibility index (Phi) is 4.81. The van der Waals surface area contributed by atoms with E-state index < -0.39 is 6.23 Å². The van der Waals surface area contributed by atoms with E-state index in [2.05, 4.69) is 20.3 Å². The summed E-state index contributed by atoms with van der Waals surface area (Å²) in [4.78, 5) is 26.1. The van der Waals surface area contributed by atoms with Gasteiger partial charge in [0.15, 0.2) is 23.1 Å². The molecular weight excluding hydrogens is 352 g/mol. The number of aromatic nitrogens is 5. The molecule has 2 saturated heterocycles. The van der Waals surface area contributed by atoms with Gasteiger partial charge in [-0.25, -0.2) is 0 Å². The maximum atomic E-state index is 13.0. The zero-order valence-corrected chi connectivity index (χ0v) is 15.6. The minimum absolute atomic E-state index is 0.182. The molecular formula is C17H24N6O4. The second-order valence-electron chi connectivity index (χ2n) is 7.12. The molecule has 0 spiro atoms. The lowest BCUT2D eigenvalue weighted by Crippen LogP contribution is -2.31. The fourth-order valence-electron chi connectivity index (χ4n) is 3.78. The van der Waals surface area contributed by atoms with Crippen molar-refractivity contribution in [3.05, 3.63) is 10.4 Å². The number of nitrogens with zero attached hydrogens (tertiary/aromatic N) is 6. The zero-order chi connectivity index (χ0) is 19.0. The molecule has 0 N–H and O–H groups in total. The molecule has 0 radical (unpaired) electrons. The summed E-state index contributed by atoms with van der Waals surface area (Å²) in [5, 5.41) is 13.0. The van der Waals surface area contributed by atoms with Crippen molar-refractivity contribution < 1.29 is 14.3 Å². The minimum atomic E-state index is -0.511. The molecule has 0 saturated carbocycles. The molecule has 2 fully saturated rings. The molecule has 2 aromatic rings. The van der Waals surface area contributed by atoms with Gasteiger partial charge in [0.2, 0.25) is 0 Å². The van der Waals surface area contributed by atoms with Gasteiger partial charge in [-0.1, -0.05) is 5.21 Å². The number of ether oxygens (including phenoxy) is 2. The van der Waals surface area contributed by atoms with E-state index in [1.165, 1.54) is 18.0 Å². The molecule has 10 heteroatoms. The van der Waals surface area contributed by atoms with Gasteiger partial charge in [-0.3, -0.25) is 14.3 Å². The maximum Gasteiger partial charge on any atom is 0.302 e. The molecule has 2 aromatic heterocycles. The van der Waals surface area contributed by atoms with E-state index in [4.69, 9.17) is 9.47 Å². The van der Waals surface area contributed by atoms with Crippen LogP contribution in [0.15, 0.2) is 4.79 Å². The Balaban J connectivity index is 1.60. The van der Waals surface area contributed by atoms with Crippen molar-refractivity contribution in [1.29, 1.82) is 0 Å². The fourth-order valence-corrected chi connectivity index (χ4v) is 3.78. The first-order valence-corrected chi connectivity index (χ1v) is 9.40. The number of hydrogen-bond acceptors (Lipinski definition) is 8. The van der Waals surface area contributed by atoms with Crippen LogP contribution in [-0.4, -0.2) is 56.5 Å². The van der Waals surface area contributed by atoms with Crippen LogP contribution in [0.5, 0.6) is 0 Å². The molecule has 27 heavy (non-hydrogen) atoms. The number of hydrogen-bond donors (Lipinski definition) is 0. The van der Waals surface area contributed by atoms with Crippen LogP contribution in [0.25, 0.3) is 11.0 Å². The van der Waals surface area contributed by atoms with Crippen molar-refractivity contribution in [3.63, 3.8) is 0 Å². The third-order valence-corrected chi connectivity index (χ3v) is 5.14. The second kappa shape index (κ2) is 7.26. The van der Waals surface area contributed by atoms with Crippen LogP contribution in [0.2, 0.25) is 0 Å². The molecule has 10 nitrogen and oxygen atoms in total. The summed E-state index contributed by atoms with van der Waals surface area (Å²) < 4.78 is 13.7. The summed E-state index contributed by atoms with van der Waals surface area (Å²) in [7, 11) is 1.75. The Morgan fingerprint density at radius 3 is 2.78 bits per heavy atom. The SMILES string of the molecule is CC(=O)OCC1CCC(n2nnc3c(N4CCCCC4)nn(C)c3c2=O)O1. The summed E-state index contributed by atoms with van der Waals surface area (Å²) >= 11 is 0. The molecule has 2 atom stereocenters. The van der Waals surface area contributed by atoms with Crippen LogP contribution in [-0.2, 0) is 21.3 Å². The number of rotatable bonds is 4. The first-order chi connectivity index (χ1) is 13.0. The zero-order valence-electron chi connectivity index (χ0n) is 15.6. The average Bonchev–Trinajstić information content (AvgIpc) is 3.26. The van der Waals surface area contributed by atoms with Crippen LogP contribution in [0.3, 0.4) is 0 Å². The lowest BCUT2D eigenvalue weighted by molar-refractivity contribution is -0.145. The molecule has 0 aliphatic carbocycles. The average molecular weight is 376 g/mol. The van der Waals surface area contributed by atoms with Gasteiger partial charge in [0, 0.05) is 27.1 Å². The maximum absolute atomic E-state index is 13.0. The van der Waals surface area contributed by atoms with Gasteiger partial charge < -0.3 is 14.4 Å². The lowest BCUT2D eigenvalue weighted by atomic mass is 10.1. The van der Waals surface area contributed by atoms with Crippen molar-refractivity contribution in [2.24, 2.45) is 7.05 Å². The third-order valence-electron chi connectivity index (χ3n) is 5.14. The molecule has 2 aliphatic rings. The van der Waals surface area contributed by atoms with Crippen LogP contribution in [0, 0.1) is 0 Å². The van der Waals surface area contributed by atoms with Crippen LogP contribution >= 0.6 is 0 Å². The predicted octanol–water partition coefficient (Wildman–Crippen LogP) is 0.756. The van der Waals surface area contributed by atoms with E-state index >= 15 is 0 Å². The van der Waals surface area contributed by atoms with Crippen molar-refractivity contribution >= 4 is 22.8 Å². The second-order valence-corrected chi connectivity index (χ2v) is 7.12. The number of piperidine rings is 1. The molecule has 2 aliphatic heterocycles. The van der Waals surface area contributed by atoms with Crippen molar-refractivity contribution in [2.45, 2.75) is 51.4 Å². The number of fused-ring (bicyclic) bond motifs is 1. The van der Waals surface area contributed by atoms with Gasteiger partial charge >= 0.3 is 5.97 Å². The van der Waals surface area contributed by atoms with E-state index in [1.807, 2.05) is 0 Å². The Hall–Kier alpha value is -2.49. The van der Waals surface area contributed by atoms with Gasteiger partial charge in [-0.15, -0.1) is 5.10 Å². The van der Waals surface area contributed by atoms with Crippen molar-refractivity contribution in [2.75, 3.05) is 24.6 Å². The Labute approximate surface area is 156 Å². The quantitative estimate of drug-likeness (QED) is 0.720. The largest absolute Gasteiger partial charge is 0.463 e. The number of aryl methyl sites for hydroxylation is 1. The number of anilines is 1. The van der Waals surface area contributed by atoms with Gasteiger partial charge in [0.25, 0.3) is 5.56 Å². The standard InChI is InChI=1S/C17H24N6O4/c1-11(24)26-10-12-6-7-13(27-12)23-17(25)15-14(18-20-23)16(19-21(15)2)22-8-4-3-5-9-22/h12-13H,3-10H2,1-2H3. The highest BCUT2D eigenvalue weighted by Gasteiger charge is 2.31. The van der Waals surface area contributed by atoms with Gasteiger partial charge in [0.1, 0.15) is 6.61 Å². The molecule has 0 bridgehead atoms. The topological polar surface area (TPSA) is 104 Å². The molecule has 146 valence electrons. The van der Waals surface area contributed by atoms with E-state index in [0.29, 0.717) is 23.9 Å². The first kappa shape index (κ1) is 17.9. The number of carbonyl (C=O) groups excluding carboxylic acids is 1. The number of carbonyl (C=O) groups is 1. The summed E-state index contributed by atoms with van der Waals surface area (Å²) in [5.74, 6) is 0.379. The Bertz CT molecular complexity index is 901. The first-order valence-electron chi connectivity index (χ1n) is 9.40. The normalized spacial score (nSPS) is 23.1. The highest BCUT2D eigenvalue weighted by molar-refractivity contribution is 5.85. The molecule has 2 unspecified atom stereocenters. The fraction of sp³-hybridized carbons (Fsp3) is 0.706.